The van der Waals surface area contributed by atoms with Crippen molar-refractivity contribution in [3.8, 4) is 0 Å². The van der Waals surface area contributed by atoms with E-state index in [0.29, 0.717) is 24.9 Å². The van der Waals surface area contributed by atoms with E-state index >= 15 is 0 Å². The van der Waals surface area contributed by atoms with E-state index in [9.17, 15) is 18.0 Å². The van der Waals surface area contributed by atoms with E-state index < -0.39 is 24.9 Å². The molecule has 2 aliphatic rings. The van der Waals surface area contributed by atoms with Crippen LogP contribution in [0.25, 0.3) is 0 Å². The Morgan fingerprint density at radius 3 is 2.56 bits per heavy atom. The van der Waals surface area contributed by atoms with Gasteiger partial charge in [-0.3, -0.25) is 9.69 Å². The Bertz CT molecular complexity index is 603. The van der Waals surface area contributed by atoms with Crippen LogP contribution in [0, 0.1) is 11.8 Å². The van der Waals surface area contributed by atoms with Crippen LogP contribution in [0.2, 0.25) is 0 Å². The SMILES string of the molecule is Nc1ncc(CN2C[C@H](NC(=O)CCC(F)(F)F)[C@@H](C3CC3)C2)cn1. The smallest absolute Gasteiger partial charge is 0.368 e. The quantitative estimate of drug-likeness (QED) is 0.810. The molecule has 1 saturated carbocycles. The number of likely N-dealkylation sites (tertiary alicyclic amines) is 1. The molecule has 0 unspecified atom stereocenters. The number of halogens is 3. The summed E-state index contributed by atoms with van der Waals surface area (Å²) in [5.74, 6) is 0.548. The second kappa shape index (κ2) is 7.15. The number of carbonyl (C=O) groups is 1. The Morgan fingerprint density at radius 1 is 1.28 bits per heavy atom. The summed E-state index contributed by atoms with van der Waals surface area (Å²) in [5.41, 5.74) is 6.40. The number of anilines is 1. The molecule has 138 valence electrons. The van der Waals surface area contributed by atoms with Crippen LogP contribution in [-0.4, -0.2) is 46.1 Å². The Kier molecular flexibility index (Phi) is 5.12. The van der Waals surface area contributed by atoms with Gasteiger partial charge < -0.3 is 11.1 Å². The average Bonchev–Trinajstić information content (AvgIpc) is 3.30. The van der Waals surface area contributed by atoms with Crippen molar-refractivity contribution in [2.75, 3.05) is 18.8 Å². The number of alkyl halides is 3. The Balaban J connectivity index is 1.55. The minimum absolute atomic E-state index is 0.0945. The van der Waals surface area contributed by atoms with Gasteiger partial charge in [0.05, 0.1) is 6.42 Å². The first kappa shape index (κ1) is 17.9. The van der Waals surface area contributed by atoms with Crippen LogP contribution >= 0.6 is 0 Å². The molecule has 2 fully saturated rings. The molecular formula is C16H22F3N5O. The molecule has 1 aliphatic heterocycles. The van der Waals surface area contributed by atoms with Crippen molar-refractivity contribution >= 4 is 11.9 Å². The van der Waals surface area contributed by atoms with Gasteiger partial charge in [0.25, 0.3) is 0 Å². The maximum atomic E-state index is 12.3. The highest BCUT2D eigenvalue weighted by molar-refractivity contribution is 5.76. The molecule has 25 heavy (non-hydrogen) atoms. The highest BCUT2D eigenvalue weighted by Crippen LogP contribution is 2.41. The number of rotatable bonds is 6. The molecule has 3 rings (SSSR count). The summed E-state index contributed by atoms with van der Waals surface area (Å²) in [5, 5.41) is 2.82. The van der Waals surface area contributed by atoms with Crippen LogP contribution in [0.5, 0.6) is 0 Å². The summed E-state index contributed by atoms with van der Waals surface area (Å²) in [6.07, 6.45) is -0.302. The average molecular weight is 357 g/mol. The normalized spacial score (nSPS) is 24.4. The second-order valence-electron chi connectivity index (χ2n) is 6.93. The van der Waals surface area contributed by atoms with E-state index in [-0.39, 0.29) is 12.0 Å². The van der Waals surface area contributed by atoms with Gasteiger partial charge in [0, 0.05) is 50.1 Å². The predicted molar refractivity (Wildman–Crippen MR) is 85.2 cm³/mol. The summed E-state index contributed by atoms with van der Waals surface area (Å²) >= 11 is 0. The first-order valence-corrected chi connectivity index (χ1v) is 8.45. The van der Waals surface area contributed by atoms with E-state index in [0.717, 1.165) is 24.9 Å². The monoisotopic (exact) mass is 357 g/mol. The molecule has 2 heterocycles. The van der Waals surface area contributed by atoms with Crippen molar-refractivity contribution in [3.63, 3.8) is 0 Å². The van der Waals surface area contributed by atoms with Crippen molar-refractivity contribution in [1.82, 2.24) is 20.2 Å². The number of hydrogen-bond donors (Lipinski definition) is 2. The molecule has 6 nitrogen and oxygen atoms in total. The number of carbonyl (C=O) groups excluding carboxylic acids is 1. The third-order valence-electron chi connectivity index (χ3n) is 4.78. The van der Waals surface area contributed by atoms with E-state index in [1.165, 1.54) is 0 Å². The maximum Gasteiger partial charge on any atom is 0.389 e. The number of nitrogen functional groups attached to an aromatic ring is 1. The molecule has 1 saturated heterocycles. The number of hydrogen-bond acceptors (Lipinski definition) is 5. The molecule has 1 aliphatic carbocycles. The summed E-state index contributed by atoms with van der Waals surface area (Å²) in [7, 11) is 0. The lowest BCUT2D eigenvalue weighted by molar-refractivity contribution is -0.144. The first-order chi connectivity index (χ1) is 11.8. The van der Waals surface area contributed by atoms with Crippen molar-refractivity contribution in [2.45, 2.75) is 44.4 Å². The molecule has 9 heteroatoms. The maximum absolute atomic E-state index is 12.3. The number of nitrogens with one attached hydrogen (secondary N) is 1. The minimum Gasteiger partial charge on any atom is -0.368 e. The largest absolute Gasteiger partial charge is 0.389 e. The summed E-state index contributed by atoms with van der Waals surface area (Å²) in [6, 6.07) is -0.0945. The van der Waals surface area contributed by atoms with Crippen LogP contribution in [0.4, 0.5) is 19.1 Å². The van der Waals surface area contributed by atoms with E-state index in [1.54, 1.807) is 12.4 Å². The fraction of sp³-hybridized carbons (Fsp3) is 0.688. The van der Waals surface area contributed by atoms with Crippen molar-refractivity contribution in [3.05, 3.63) is 18.0 Å². The standard InChI is InChI=1S/C16H22F3N5O/c17-16(18,19)4-3-14(25)23-13-9-24(8-12(13)11-1-2-11)7-10-5-21-15(20)22-6-10/h5-6,11-13H,1-4,7-9H2,(H,23,25)(H2,20,21,22)/t12-,13+/m1/s1. The summed E-state index contributed by atoms with van der Waals surface area (Å²) < 4.78 is 36.8. The Morgan fingerprint density at radius 2 is 1.96 bits per heavy atom. The number of amides is 1. The lowest BCUT2D eigenvalue weighted by Crippen LogP contribution is -2.41. The van der Waals surface area contributed by atoms with Gasteiger partial charge in [-0.25, -0.2) is 9.97 Å². The summed E-state index contributed by atoms with van der Waals surface area (Å²) in [4.78, 5) is 22.0. The predicted octanol–water partition coefficient (Wildman–Crippen LogP) is 1.73. The van der Waals surface area contributed by atoms with Crippen molar-refractivity contribution in [2.24, 2.45) is 11.8 Å². The lowest BCUT2D eigenvalue weighted by atomic mass is 9.98. The van der Waals surface area contributed by atoms with Gasteiger partial charge in [-0.2, -0.15) is 13.2 Å². The number of nitrogens with zero attached hydrogens (tertiary/aromatic N) is 3. The lowest BCUT2D eigenvalue weighted by Gasteiger charge is -2.19. The Hall–Kier alpha value is -1.90. The van der Waals surface area contributed by atoms with Gasteiger partial charge in [0.15, 0.2) is 0 Å². The van der Waals surface area contributed by atoms with Crippen LogP contribution in [0.15, 0.2) is 12.4 Å². The van der Waals surface area contributed by atoms with Gasteiger partial charge >= 0.3 is 6.18 Å². The molecular weight excluding hydrogens is 335 g/mol. The van der Waals surface area contributed by atoms with Gasteiger partial charge in [0.2, 0.25) is 11.9 Å². The highest BCUT2D eigenvalue weighted by atomic mass is 19.4. The molecule has 3 N–H and O–H groups in total. The molecule has 1 aromatic heterocycles. The third kappa shape index (κ3) is 5.29. The second-order valence-corrected chi connectivity index (χ2v) is 6.93. The zero-order valence-corrected chi connectivity index (χ0v) is 13.8. The van der Waals surface area contributed by atoms with Gasteiger partial charge in [-0.05, 0) is 24.7 Å². The molecule has 0 radical (unpaired) electrons. The summed E-state index contributed by atoms with van der Waals surface area (Å²) in [6.45, 7) is 2.08. The van der Waals surface area contributed by atoms with Crippen molar-refractivity contribution < 1.29 is 18.0 Å². The third-order valence-corrected chi connectivity index (χ3v) is 4.78. The molecule has 1 amide bonds. The van der Waals surface area contributed by atoms with E-state index in [2.05, 4.69) is 20.2 Å². The van der Waals surface area contributed by atoms with Gasteiger partial charge in [-0.1, -0.05) is 0 Å². The van der Waals surface area contributed by atoms with E-state index in [1.807, 2.05) is 0 Å². The van der Waals surface area contributed by atoms with Crippen LogP contribution in [0.1, 0.15) is 31.2 Å². The fourth-order valence-corrected chi connectivity index (χ4v) is 3.44. The topological polar surface area (TPSA) is 84.1 Å². The number of nitrogens with two attached hydrogens (primary N) is 1. The zero-order valence-electron chi connectivity index (χ0n) is 13.8. The minimum atomic E-state index is -4.30. The zero-order chi connectivity index (χ0) is 18.0. The van der Waals surface area contributed by atoms with Gasteiger partial charge in [-0.15, -0.1) is 0 Å². The first-order valence-electron chi connectivity index (χ1n) is 8.45. The van der Waals surface area contributed by atoms with Crippen LogP contribution in [0.3, 0.4) is 0 Å². The van der Waals surface area contributed by atoms with Gasteiger partial charge in [0.1, 0.15) is 0 Å². The Labute approximate surface area is 144 Å². The van der Waals surface area contributed by atoms with E-state index in [4.69, 9.17) is 5.73 Å². The molecule has 1 aromatic rings. The van der Waals surface area contributed by atoms with Crippen LogP contribution in [-0.2, 0) is 11.3 Å². The highest BCUT2D eigenvalue weighted by Gasteiger charge is 2.43. The molecule has 2 atom stereocenters. The van der Waals surface area contributed by atoms with Crippen LogP contribution < -0.4 is 11.1 Å². The fourth-order valence-electron chi connectivity index (χ4n) is 3.44. The number of aromatic nitrogens is 2. The van der Waals surface area contributed by atoms with Crippen molar-refractivity contribution in [1.29, 1.82) is 0 Å². The molecule has 0 aromatic carbocycles. The molecule has 0 spiro atoms. The molecule has 0 bridgehead atoms.